The average molecular weight is 171 g/mol. The molecule has 0 aromatic heterocycles. The second-order valence-corrected chi connectivity index (χ2v) is 2.88. The van der Waals surface area contributed by atoms with E-state index in [1.807, 2.05) is 6.92 Å². The van der Waals surface area contributed by atoms with Crippen LogP contribution >= 0.6 is 0 Å². The molecule has 0 saturated carbocycles. The summed E-state index contributed by atoms with van der Waals surface area (Å²) in [6.07, 6.45) is 2.23. The SMILES string of the molecule is CCCC[C@@H]1NC(=O)OCC1=O. The van der Waals surface area contributed by atoms with Crippen LogP contribution in [0.1, 0.15) is 26.2 Å². The van der Waals surface area contributed by atoms with Crippen LogP contribution in [0.4, 0.5) is 4.79 Å². The molecule has 0 radical (unpaired) electrons. The number of hydrogen-bond acceptors (Lipinski definition) is 3. The fourth-order valence-corrected chi connectivity index (χ4v) is 1.14. The molecule has 0 unspecified atom stereocenters. The number of cyclic esters (lactones) is 1. The molecule has 1 atom stereocenters. The highest BCUT2D eigenvalue weighted by Crippen LogP contribution is 2.05. The predicted molar refractivity (Wildman–Crippen MR) is 42.8 cm³/mol. The molecule has 12 heavy (non-hydrogen) atoms. The minimum absolute atomic E-state index is 0.0250. The fourth-order valence-electron chi connectivity index (χ4n) is 1.14. The van der Waals surface area contributed by atoms with Crippen LogP contribution in [0, 0.1) is 0 Å². The van der Waals surface area contributed by atoms with Gasteiger partial charge in [0.1, 0.15) is 0 Å². The van der Waals surface area contributed by atoms with Gasteiger partial charge < -0.3 is 10.1 Å². The maximum absolute atomic E-state index is 11.1. The van der Waals surface area contributed by atoms with Crippen LogP contribution in [0.25, 0.3) is 0 Å². The van der Waals surface area contributed by atoms with Gasteiger partial charge in [-0.1, -0.05) is 19.8 Å². The molecule has 1 amide bonds. The van der Waals surface area contributed by atoms with Gasteiger partial charge >= 0.3 is 6.09 Å². The highest BCUT2D eigenvalue weighted by Gasteiger charge is 2.26. The number of ether oxygens (including phenoxy) is 1. The van der Waals surface area contributed by atoms with E-state index in [0.717, 1.165) is 19.3 Å². The van der Waals surface area contributed by atoms with Gasteiger partial charge in [0.25, 0.3) is 0 Å². The lowest BCUT2D eigenvalue weighted by Crippen LogP contribution is -2.48. The van der Waals surface area contributed by atoms with Crippen LogP contribution in [-0.4, -0.2) is 24.5 Å². The molecule has 4 nitrogen and oxygen atoms in total. The van der Waals surface area contributed by atoms with Gasteiger partial charge in [0, 0.05) is 0 Å². The van der Waals surface area contributed by atoms with Gasteiger partial charge in [0.15, 0.2) is 12.4 Å². The number of hydrogen-bond donors (Lipinski definition) is 1. The number of carbonyl (C=O) groups excluding carboxylic acids is 2. The Bertz CT molecular complexity index is 191. The number of nitrogens with one attached hydrogen (secondary N) is 1. The van der Waals surface area contributed by atoms with E-state index in [9.17, 15) is 9.59 Å². The number of ketones is 1. The van der Waals surface area contributed by atoms with E-state index in [4.69, 9.17) is 0 Å². The molecule has 0 aliphatic carbocycles. The maximum Gasteiger partial charge on any atom is 0.408 e. The molecule has 1 N–H and O–H groups in total. The molecule has 4 heteroatoms. The van der Waals surface area contributed by atoms with Gasteiger partial charge in [-0.2, -0.15) is 0 Å². The molecule has 0 bridgehead atoms. The normalized spacial score (nSPS) is 23.2. The second-order valence-electron chi connectivity index (χ2n) is 2.88. The van der Waals surface area contributed by atoms with Gasteiger partial charge in [0.05, 0.1) is 6.04 Å². The first-order valence-corrected chi connectivity index (χ1v) is 4.20. The van der Waals surface area contributed by atoms with Crippen molar-refractivity contribution in [3.63, 3.8) is 0 Å². The van der Waals surface area contributed by atoms with Crippen molar-refractivity contribution in [2.75, 3.05) is 6.61 Å². The van der Waals surface area contributed by atoms with Gasteiger partial charge in [0.2, 0.25) is 0 Å². The Morgan fingerprint density at radius 3 is 3.00 bits per heavy atom. The van der Waals surface area contributed by atoms with Crippen molar-refractivity contribution in [3.8, 4) is 0 Å². The topological polar surface area (TPSA) is 55.4 Å². The highest BCUT2D eigenvalue weighted by atomic mass is 16.6. The molecule has 68 valence electrons. The monoisotopic (exact) mass is 171 g/mol. The molecule has 1 fully saturated rings. The zero-order chi connectivity index (χ0) is 8.97. The van der Waals surface area contributed by atoms with E-state index in [1.165, 1.54) is 0 Å². The molecule has 1 saturated heterocycles. The molecule has 1 aliphatic heterocycles. The molecular weight excluding hydrogens is 158 g/mol. The van der Waals surface area contributed by atoms with Crippen molar-refractivity contribution in [1.82, 2.24) is 5.32 Å². The first-order valence-electron chi connectivity index (χ1n) is 4.20. The summed E-state index contributed by atoms with van der Waals surface area (Å²) in [5.41, 5.74) is 0. The first kappa shape index (κ1) is 9.03. The van der Waals surface area contributed by atoms with E-state index >= 15 is 0 Å². The average Bonchev–Trinajstić information content (AvgIpc) is 2.07. The third-order valence-electron chi connectivity index (χ3n) is 1.87. The fraction of sp³-hybridized carbons (Fsp3) is 0.750. The molecule has 0 spiro atoms. The van der Waals surface area contributed by atoms with Gasteiger partial charge in [-0.3, -0.25) is 4.79 Å². The van der Waals surface area contributed by atoms with Gasteiger partial charge in [-0.05, 0) is 6.42 Å². The summed E-state index contributed by atoms with van der Waals surface area (Å²) in [4.78, 5) is 21.8. The minimum atomic E-state index is -0.476. The van der Waals surface area contributed by atoms with E-state index in [1.54, 1.807) is 0 Å². The smallest absolute Gasteiger partial charge is 0.408 e. The Morgan fingerprint density at radius 2 is 2.33 bits per heavy atom. The van der Waals surface area contributed by atoms with Crippen LogP contribution in [0.5, 0.6) is 0 Å². The molecule has 1 rings (SSSR count). The summed E-state index contributed by atoms with van der Waals surface area (Å²) in [6, 6.07) is -0.314. The second kappa shape index (κ2) is 4.09. The summed E-state index contributed by atoms with van der Waals surface area (Å²) in [7, 11) is 0. The van der Waals surface area contributed by atoms with E-state index < -0.39 is 6.09 Å². The number of Topliss-reactive ketones (excluding diaryl/α,β-unsaturated/α-hetero) is 1. The molecule has 1 aliphatic rings. The quantitative estimate of drug-likeness (QED) is 0.685. The van der Waals surface area contributed by atoms with Crippen LogP contribution < -0.4 is 5.32 Å². The Kier molecular flexibility index (Phi) is 3.08. The third-order valence-corrected chi connectivity index (χ3v) is 1.87. The summed E-state index contributed by atoms with van der Waals surface area (Å²) in [6.45, 7) is 1.98. The predicted octanol–water partition coefficient (Wildman–Crippen LogP) is 0.854. The number of unbranched alkanes of at least 4 members (excludes halogenated alkanes) is 1. The lowest BCUT2D eigenvalue weighted by molar-refractivity contribution is -0.126. The molecular formula is C8H13NO3. The van der Waals surface area contributed by atoms with E-state index in [0.29, 0.717) is 0 Å². The van der Waals surface area contributed by atoms with Crippen molar-refractivity contribution >= 4 is 11.9 Å². The molecule has 0 aromatic rings. The zero-order valence-corrected chi connectivity index (χ0v) is 7.13. The minimum Gasteiger partial charge on any atom is -0.441 e. The lowest BCUT2D eigenvalue weighted by Gasteiger charge is -2.21. The van der Waals surface area contributed by atoms with Crippen LogP contribution in [0.2, 0.25) is 0 Å². The third kappa shape index (κ3) is 2.22. The lowest BCUT2D eigenvalue weighted by atomic mass is 10.1. The van der Waals surface area contributed by atoms with Gasteiger partial charge in [-0.25, -0.2) is 4.79 Å². The number of amides is 1. The highest BCUT2D eigenvalue weighted by molar-refractivity contribution is 5.92. The number of rotatable bonds is 3. The van der Waals surface area contributed by atoms with Crippen LogP contribution in [-0.2, 0) is 9.53 Å². The number of carbonyl (C=O) groups is 2. The van der Waals surface area contributed by atoms with Crippen molar-refractivity contribution < 1.29 is 14.3 Å². The Morgan fingerprint density at radius 1 is 1.58 bits per heavy atom. The maximum atomic E-state index is 11.1. The van der Waals surface area contributed by atoms with E-state index in [2.05, 4.69) is 10.1 Å². The Hall–Kier alpha value is -1.06. The zero-order valence-electron chi connectivity index (χ0n) is 7.13. The van der Waals surface area contributed by atoms with Gasteiger partial charge in [-0.15, -0.1) is 0 Å². The molecule has 0 aromatic carbocycles. The van der Waals surface area contributed by atoms with Crippen molar-refractivity contribution in [3.05, 3.63) is 0 Å². The summed E-state index contributed by atoms with van der Waals surface area (Å²) in [5, 5.41) is 2.49. The standard InChI is InChI=1S/C8H13NO3/c1-2-3-4-6-7(10)5-12-8(11)9-6/h6H,2-5H2,1H3,(H,9,11)/t6-/m0/s1. The summed E-state index contributed by atoms with van der Waals surface area (Å²) in [5.74, 6) is -0.0250. The van der Waals surface area contributed by atoms with Crippen molar-refractivity contribution in [1.29, 1.82) is 0 Å². The van der Waals surface area contributed by atoms with Crippen LogP contribution in [0.15, 0.2) is 0 Å². The van der Waals surface area contributed by atoms with E-state index in [-0.39, 0.29) is 18.4 Å². The molecule has 1 heterocycles. The summed E-state index contributed by atoms with van der Waals surface area (Å²) < 4.78 is 4.50. The summed E-state index contributed by atoms with van der Waals surface area (Å²) >= 11 is 0. The Balaban J connectivity index is 2.38. The van der Waals surface area contributed by atoms with Crippen molar-refractivity contribution in [2.45, 2.75) is 32.2 Å². The Labute approximate surface area is 71.3 Å². The largest absolute Gasteiger partial charge is 0.441 e. The first-order chi connectivity index (χ1) is 5.74. The van der Waals surface area contributed by atoms with Crippen molar-refractivity contribution in [2.24, 2.45) is 0 Å². The number of alkyl carbamates (subject to hydrolysis) is 1. The van der Waals surface area contributed by atoms with Crippen LogP contribution in [0.3, 0.4) is 0 Å².